The van der Waals surface area contributed by atoms with Crippen LogP contribution >= 0.6 is 0 Å². The van der Waals surface area contributed by atoms with Crippen molar-refractivity contribution in [1.82, 2.24) is 10.2 Å². The van der Waals surface area contributed by atoms with Gasteiger partial charge in [-0.1, -0.05) is 42.5 Å². The van der Waals surface area contributed by atoms with Crippen molar-refractivity contribution in [1.29, 1.82) is 0 Å². The number of dihydropyridines is 1. The van der Waals surface area contributed by atoms with Crippen molar-refractivity contribution in [3.63, 3.8) is 0 Å². The van der Waals surface area contributed by atoms with E-state index in [1.807, 2.05) is 18.2 Å². The average Bonchev–Trinajstić information content (AvgIpc) is 2.87. The zero-order valence-electron chi connectivity index (χ0n) is 21.0. The van der Waals surface area contributed by atoms with Crippen LogP contribution in [0, 0.1) is 16.0 Å². The van der Waals surface area contributed by atoms with E-state index in [9.17, 15) is 24.8 Å². The first-order valence-corrected chi connectivity index (χ1v) is 12.3. The van der Waals surface area contributed by atoms with Crippen LogP contribution in [0.2, 0.25) is 0 Å². The predicted molar refractivity (Wildman–Crippen MR) is 137 cm³/mol. The van der Waals surface area contributed by atoms with Crippen LogP contribution in [0.15, 0.2) is 77.1 Å². The van der Waals surface area contributed by atoms with Gasteiger partial charge in [0.15, 0.2) is 0 Å². The highest BCUT2D eigenvalue weighted by Crippen LogP contribution is 2.39. The zero-order valence-corrected chi connectivity index (χ0v) is 21.0. The minimum atomic E-state index is -1.21. The van der Waals surface area contributed by atoms with Gasteiger partial charge in [0.25, 0.3) is 5.69 Å². The number of carboxylic acid groups (broad SMARTS) is 1. The van der Waals surface area contributed by atoms with E-state index < -0.39 is 22.8 Å². The number of nitro benzene ring substituents is 1. The Morgan fingerprint density at radius 3 is 2.54 bits per heavy atom. The van der Waals surface area contributed by atoms with Gasteiger partial charge in [0.05, 0.1) is 28.6 Å². The number of esters is 1. The number of hydrogen-bond acceptors (Lipinski definition) is 7. The Hall–Kier alpha value is -3.98. The Bertz CT molecular complexity index is 1250. The first-order chi connectivity index (χ1) is 17.7. The molecule has 194 valence electrons. The second-order valence-corrected chi connectivity index (χ2v) is 9.62. The number of carbonyl (C=O) groups excluding carboxylic acids is 1. The lowest BCUT2D eigenvalue weighted by Gasteiger charge is -2.33. The monoisotopic (exact) mass is 505 g/mol. The molecule has 2 aromatic rings. The molecule has 4 rings (SSSR count). The Labute approximate surface area is 215 Å². The minimum Gasteiger partial charge on any atom is -0.478 e. The number of rotatable bonds is 8. The molecule has 0 saturated carbocycles. The molecule has 1 saturated heterocycles. The summed E-state index contributed by atoms with van der Waals surface area (Å²) in [6, 6.07) is 16.0. The molecule has 37 heavy (non-hydrogen) atoms. The number of nitrogens with zero attached hydrogens (tertiary/aromatic N) is 2. The predicted octanol–water partition coefficient (Wildman–Crippen LogP) is 4.37. The molecule has 1 fully saturated rings. The van der Waals surface area contributed by atoms with Crippen LogP contribution in [0.3, 0.4) is 0 Å². The number of carboxylic acids is 1. The third-order valence-electron chi connectivity index (χ3n) is 6.93. The first kappa shape index (κ1) is 26.1. The molecule has 0 aliphatic carbocycles. The van der Waals surface area contributed by atoms with Crippen molar-refractivity contribution in [2.75, 3.05) is 19.7 Å². The quantitative estimate of drug-likeness (QED) is 0.308. The van der Waals surface area contributed by atoms with E-state index in [1.165, 1.54) is 23.8 Å². The lowest BCUT2D eigenvalue weighted by atomic mass is 9.80. The number of non-ortho nitro benzene ring substituents is 1. The van der Waals surface area contributed by atoms with Gasteiger partial charge in [-0.05, 0) is 44.4 Å². The maximum atomic E-state index is 13.4. The number of nitrogens with one attached hydrogen (secondary N) is 1. The number of carbonyl (C=O) groups is 2. The van der Waals surface area contributed by atoms with Crippen LogP contribution in [0.5, 0.6) is 0 Å². The smallest absolute Gasteiger partial charge is 0.336 e. The fourth-order valence-electron chi connectivity index (χ4n) is 5.24. The summed E-state index contributed by atoms with van der Waals surface area (Å²) in [7, 11) is 0. The van der Waals surface area contributed by atoms with E-state index in [0.29, 0.717) is 17.0 Å². The van der Waals surface area contributed by atoms with Crippen molar-refractivity contribution >= 4 is 17.6 Å². The lowest BCUT2D eigenvalue weighted by Crippen LogP contribution is -2.37. The normalized spacial score (nSPS) is 20.4. The molecule has 0 unspecified atom stereocenters. The van der Waals surface area contributed by atoms with E-state index in [1.54, 1.807) is 19.9 Å². The SMILES string of the molecule is CC1=C(C(=O)O)[C@@H](c2cccc([N+](=O)[O-])c2)C(C(=O)OC[C@@H]2CCCN(Cc3ccccc3)C2)=C(C)N1. The number of likely N-dealkylation sites (tertiary alicyclic amines) is 1. The standard InChI is InChI=1S/C28H31N3O6/c1-18-24(27(32)33)26(22-11-6-12-23(14-22)31(35)36)25(19(2)29-18)28(34)37-17-21-10-7-13-30(16-21)15-20-8-4-3-5-9-20/h3-6,8-9,11-12,14,21,26,29H,7,10,13,15-17H2,1-2H3,(H,32,33)/t21-,26-/m1/s1. The van der Waals surface area contributed by atoms with Gasteiger partial charge in [0, 0.05) is 42.5 Å². The van der Waals surface area contributed by atoms with Crippen LogP contribution in [-0.2, 0) is 20.9 Å². The summed E-state index contributed by atoms with van der Waals surface area (Å²) in [5.74, 6) is -2.66. The molecule has 2 heterocycles. The van der Waals surface area contributed by atoms with Crippen LogP contribution in [0.25, 0.3) is 0 Å². The largest absolute Gasteiger partial charge is 0.478 e. The van der Waals surface area contributed by atoms with Gasteiger partial charge >= 0.3 is 11.9 Å². The van der Waals surface area contributed by atoms with Gasteiger partial charge < -0.3 is 15.2 Å². The second-order valence-electron chi connectivity index (χ2n) is 9.62. The molecular weight excluding hydrogens is 474 g/mol. The fraction of sp³-hybridized carbons (Fsp3) is 0.357. The third-order valence-corrected chi connectivity index (χ3v) is 6.93. The molecule has 2 aliphatic heterocycles. The summed E-state index contributed by atoms with van der Waals surface area (Å²) >= 11 is 0. The van der Waals surface area contributed by atoms with Crippen LogP contribution in [0.1, 0.15) is 43.7 Å². The highest BCUT2D eigenvalue weighted by atomic mass is 16.6. The van der Waals surface area contributed by atoms with Crippen molar-refractivity contribution in [3.05, 3.63) is 98.4 Å². The molecular formula is C28H31N3O6. The number of hydrogen-bond donors (Lipinski definition) is 2. The first-order valence-electron chi connectivity index (χ1n) is 12.3. The number of benzene rings is 2. The average molecular weight is 506 g/mol. The van der Waals surface area contributed by atoms with Crippen LogP contribution < -0.4 is 5.32 Å². The molecule has 2 atom stereocenters. The summed E-state index contributed by atoms with van der Waals surface area (Å²) in [4.78, 5) is 38.8. The molecule has 2 aliphatic rings. The van der Waals surface area contributed by atoms with Gasteiger partial charge in [0.2, 0.25) is 0 Å². The van der Waals surface area contributed by atoms with Crippen molar-refractivity contribution in [3.8, 4) is 0 Å². The molecule has 2 aromatic carbocycles. The molecule has 0 bridgehead atoms. The number of aliphatic carboxylic acids is 1. The third kappa shape index (κ3) is 6.06. The van der Waals surface area contributed by atoms with E-state index in [2.05, 4.69) is 22.3 Å². The Kier molecular flexibility index (Phi) is 8.03. The summed E-state index contributed by atoms with van der Waals surface area (Å²) in [6.45, 7) is 6.13. The summed E-state index contributed by atoms with van der Waals surface area (Å²) in [6.07, 6.45) is 1.93. The van der Waals surface area contributed by atoms with Crippen LogP contribution in [0.4, 0.5) is 5.69 Å². The number of nitro groups is 1. The molecule has 9 nitrogen and oxygen atoms in total. The number of piperidine rings is 1. The van der Waals surface area contributed by atoms with Crippen molar-refractivity contribution in [2.24, 2.45) is 5.92 Å². The molecule has 0 radical (unpaired) electrons. The Balaban J connectivity index is 1.52. The van der Waals surface area contributed by atoms with E-state index >= 15 is 0 Å². The maximum absolute atomic E-state index is 13.4. The van der Waals surface area contributed by atoms with Gasteiger partial charge in [-0.3, -0.25) is 15.0 Å². The number of ether oxygens (including phenoxy) is 1. The van der Waals surface area contributed by atoms with Crippen LogP contribution in [-0.4, -0.2) is 46.6 Å². The summed E-state index contributed by atoms with van der Waals surface area (Å²) in [5.41, 5.74) is 2.37. The second kappa shape index (κ2) is 11.4. The highest BCUT2D eigenvalue weighted by Gasteiger charge is 2.38. The molecule has 9 heteroatoms. The van der Waals surface area contributed by atoms with Gasteiger partial charge in [-0.15, -0.1) is 0 Å². The van der Waals surface area contributed by atoms with Gasteiger partial charge in [-0.2, -0.15) is 0 Å². The van der Waals surface area contributed by atoms with Crippen molar-refractivity contribution < 1.29 is 24.4 Å². The summed E-state index contributed by atoms with van der Waals surface area (Å²) in [5, 5.41) is 24.3. The minimum absolute atomic E-state index is 0.0373. The van der Waals surface area contributed by atoms with Crippen molar-refractivity contribution in [2.45, 2.75) is 39.2 Å². The topological polar surface area (TPSA) is 122 Å². The Morgan fingerprint density at radius 1 is 1.11 bits per heavy atom. The molecule has 0 amide bonds. The van der Waals surface area contributed by atoms with Gasteiger partial charge in [0.1, 0.15) is 0 Å². The van der Waals surface area contributed by atoms with E-state index in [-0.39, 0.29) is 29.4 Å². The molecule has 2 N–H and O–H groups in total. The molecule has 0 spiro atoms. The zero-order chi connectivity index (χ0) is 26.5. The molecule has 0 aromatic heterocycles. The summed E-state index contributed by atoms with van der Waals surface area (Å²) < 4.78 is 5.77. The Morgan fingerprint density at radius 2 is 1.84 bits per heavy atom. The number of allylic oxidation sites excluding steroid dienone is 2. The highest BCUT2D eigenvalue weighted by molar-refractivity contribution is 5.99. The van der Waals surface area contributed by atoms with Gasteiger partial charge in [-0.25, -0.2) is 9.59 Å². The lowest BCUT2D eigenvalue weighted by molar-refractivity contribution is -0.384. The maximum Gasteiger partial charge on any atom is 0.336 e. The van der Waals surface area contributed by atoms with E-state index in [4.69, 9.17) is 4.74 Å². The fourth-order valence-corrected chi connectivity index (χ4v) is 5.24. The van der Waals surface area contributed by atoms with E-state index in [0.717, 1.165) is 32.5 Å².